The standard InChI is InChI=1S/C15H21N3O/c1-11(2)16-8-7-15-17-14(18-19-15)10-13-6-4-5-12(3)9-13/h4-6,9,11,16H,7-8,10H2,1-3H3. The Bertz CT molecular complexity index is 520. The van der Waals surface area contributed by atoms with E-state index in [9.17, 15) is 0 Å². The average molecular weight is 259 g/mol. The van der Waals surface area contributed by atoms with Crippen LogP contribution in [-0.2, 0) is 12.8 Å². The molecule has 2 rings (SSSR count). The second-order valence-corrected chi connectivity index (χ2v) is 5.13. The van der Waals surface area contributed by atoms with Crippen LogP contribution in [0.2, 0.25) is 0 Å². The van der Waals surface area contributed by atoms with Crippen molar-refractivity contribution < 1.29 is 4.52 Å². The molecule has 0 spiro atoms. The maximum atomic E-state index is 5.25. The monoisotopic (exact) mass is 259 g/mol. The fraction of sp³-hybridized carbons (Fsp3) is 0.467. The first-order chi connectivity index (χ1) is 9.13. The van der Waals surface area contributed by atoms with Gasteiger partial charge in [-0.1, -0.05) is 48.8 Å². The molecule has 0 amide bonds. The van der Waals surface area contributed by atoms with Crippen molar-refractivity contribution in [1.82, 2.24) is 15.5 Å². The third kappa shape index (κ3) is 4.48. The molecule has 0 aliphatic heterocycles. The van der Waals surface area contributed by atoms with Gasteiger partial charge in [-0.05, 0) is 12.5 Å². The molecule has 0 aliphatic rings. The molecule has 1 N–H and O–H groups in total. The minimum absolute atomic E-state index is 0.481. The number of nitrogens with one attached hydrogen (secondary N) is 1. The fourth-order valence-corrected chi connectivity index (χ4v) is 1.94. The fourth-order valence-electron chi connectivity index (χ4n) is 1.94. The lowest BCUT2D eigenvalue weighted by molar-refractivity contribution is 0.369. The second-order valence-electron chi connectivity index (χ2n) is 5.13. The summed E-state index contributed by atoms with van der Waals surface area (Å²) in [5.74, 6) is 1.46. The van der Waals surface area contributed by atoms with Gasteiger partial charge >= 0.3 is 0 Å². The van der Waals surface area contributed by atoms with Gasteiger partial charge in [0.25, 0.3) is 0 Å². The Morgan fingerprint density at radius 3 is 2.89 bits per heavy atom. The van der Waals surface area contributed by atoms with E-state index in [1.165, 1.54) is 11.1 Å². The highest BCUT2D eigenvalue weighted by Crippen LogP contribution is 2.09. The second kappa shape index (κ2) is 6.48. The van der Waals surface area contributed by atoms with Crippen molar-refractivity contribution in [3.05, 3.63) is 47.1 Å². The minimum atomic E-state index is 0.481. The van der Waals surface area contributed by atoms with E-state index in [1.807, 2.05) is 0 Å². The molecule has 0 unspecified atom stereocenters. The molecule has 0 aliphatic carbocycles. The topological polar surface area (TPSA) is 51.0 Å². The predicted molar refractivity (Wildman–Crippen MR) is 75.1 cm³/mol. The number of aryl methyl sites for hydroxylation is 1. The van der Waals surface area contributed by atoms with Crippen LogP contribution in [0.1, 0.15) is 36.7 Å². The van der Waals surface area contributed by atoms with E-state index in [1.54, 1.807) is 0 Å². The molecule has 19 heavy (non-hydrogen) atoms. The lowest BCUT2D eigenvalue weighted by atomic mass is 10.1. The van der Waals surface area contributed by atoms with Crippen molar-refractivity contribution in [2.45, 2.75) is 39.7 Å². The zero-order valence-corrected chi connectivity index (χ0v) is 11.8. The van der Waals surface area contributed by atoms with E-state index in [0.29, 0.717) is 11.9 Å². The zero-order chi connectivity index (χ0) is 13.7. The maximum absolute atomic E-state index is 5.25. The highest BCUT2D eigenvalue weighted by molar-refractivity contribution is 5.24. The molecular formula is C15H21N3O. The van der Waals surface area contributed by atoms with Crippen molar-refractivity contribution >= 4 is 0 Å². The van der Waals surface area contributed by atoms with Crippen LogP contribution in [0.5, 0.6) is 0 Å². The molecule has 0 radical (unpaired) electrons. The van der Waals surface area contributed by atoms with Gasteiger partial charge in [0.05, 0.1) is 0 Å². The molecule has 0 bridgehead atoms. The maximum Gasteiger partial charge on any atom is 0.227 e. The van der Waals surface area contributed by atoms with Crippen LogP contribution in [0, 0.1) is 6.92 Å². The van der Waals surface area contributed by atoms with E-state index in [-0.39, 0.29) is 0 Å². The number of hydrogen-bond donors (Lipinski definition) is 1. The Kier molecular flexibility index (Phi) is 4.68. The molecule has 0 atom stereocenters. The first-order valence-corrected chi connectivity index (χ1v) is 6.74. The molecule has 4 heteroatoms. The van der Waals surface area contributed by atoms with E-state index in [2.05, 4.69) is 60.5 Å². The number of hydrogen-bond acceptors (Lipinski definition) is 4. The summed E-state index contributed by atoms with van der Waals surface area (Å²) in [4.78, 5) is 4.41. The lowest BCUT2D eigenvalue weighted by Crippen LogP contribution is -2.25. The first kappa shape index (κ1) is 13.7. The summed E-state index contributed by atoms with van der Waals surface area (Å²) < 4.78 is 5.25. The van der Waals surface area contributed by atoms with Crippen molar-refractivity contribution in [3.8, 4) is 0 Å². The molecule has 0 saturated carbocycles. The molecule has 102 valence electrons. The number of aromatic nitrogens is 2. The van der Waals surface area contributed by atoms with Gasteiger partial charge in [-0.3, -0.25) is 0 Å². The van der Waals surface area contributed by atoms with Gasteiger partial charge in [-0.2, -0.15) is 4.98 Å². The van der Waals surface area contributed by atoms with Crippen molar-refractivity contribution in [2.24, 2.45) is 0 Å². The smallest absolute Gasteiger partial charge is 0.227 e. The minimum Gasteiger partial charge on any atom is -0.339 e. The van der Waals surface area contributed by atoms with Gasteiger partial charge in [-0.25, -0.2) is 0 Å². The summed E-state index contributed by atoms with van der Waals surface area (Å²) in [5, 5.41) is 7.36. The summed E-state index contributed by atoms with van der Waals surface area (Å²) in [6.07, 6.45) is 1.50. The third-order valence-corrected chi connectivity index (χ3v) is 2.85. The predicted octanol–water partition coefficient (Wildman–Crippen LogP) is 2.51. The highest BCUT2D eigenvalue weighted by atomic mass is 16.5. The Morgan fingerprint density at radius 1 is 1.32 bits per heavy atom. The summed E-state index contributed by atoms with van der Waals surface area (Å²) in [6.45, 7) is 7.19. The number of rotatable bonds is 6. The molecular weight excluding hydrogens is 238 g/mol. The normalized spacial score (nSPS) is 11.2. The van der Waals surface area contributed by atoms with Crippen LogP contribution in [0.25, 0.3) is 0 Å². The Labute approximate surface area is 114 Å². The Hall–Kier alpha value is -1.68. The van der Waals surface area contributed by atoms with Crippen LogP contribution >= 0.6 is 0 Å². The highest BCUT2D eigenvalue weighted by Gasteiger charge is 2.07. The van der Waals surface area contributed by atoms with Gasteiger partial charge in [0, 0.05) is 25.4 Å². The van der Waals surface area contributed by atoms with Crippen LogP contribution in [0.4, 0.5) is 0 Å². The van der Waals surface area contributed by atoms with Gasteiger partial charge in [0.1, 0.15) is 0 Å². The number of benzene rings is 1. The van der Waals surface area contributed by atoms with Crippen LogP contribution < -0.4 is 5.32 Å². The summed E-state index contributed by atoms with van der Waals surface area (Å²) in [7, 11) is 0. The van der Waals surface area contributed by atoms with Crippen molar-refractivity contribution in [3.63, 3.8) is 0 Å². The Morgan fingerprint density at radius 2 is 2.16 bits per heavy atom. The van der Waals surface area contributed by atoms with Crippen molar-refractivity contribution in [1.29, 1.82) is 0 Å². The largest absolute Gasteiger partial charge is 0.339 e. The zero-order valence-electron chi connectivity index (χ0n) is 11.8. The third-order valence-electron chi connectivity index (χ3n) is 2.85. The molecule has 1 heterocycles. The molecule has 0 fully saturated rings. The van der Waals surface area contributed by atoms with Crippen molar-refractivity contribution in [2.75, 3.05) is 6.54 Å². The summed E-state index contributed by atoms with van der Waals surface area (Å²) in [5.41, 5.74) is 2.47. The van der Waals surface area contributed by atoms with Gasteiger partial charge in [-0.15, -0.1) is 0 Å². The summed E-state index contributed by atoms with van der Waals surface area (Å²) >= 11 is 0. The van der Waals surface area contributed by atoms with E-state index in [4.69, 9.17) is 4.52 Å². The van der Waals surface area contributed by atoms with E-state index < -0.39 is 0 Å². The molecule has 4 nitrogen and oxygen atoms in total. The lowest BCUT2D eigenvalue weighted by Gasteiger charge is -2.04. The average Bonchev–Trinajstić information content (AvgIpc) is 2.76. The molecule has 1 aromatic carbocycles. The van der Waals surface area contributed by atoms with Crippen LogP contribution in [0.15, 0.2) is 28.8 Å². The first-order valence-electron chi connectivity index (χ1n) is 6.74. The molecule has 0 saturated heterocycles. The molecule has 2 aromatic rings. The Balaban J connectivity index is 1.90. The SMILES string of the molecule is Cc1cccc(Cc2noc(CCNC(C)C)n2)c1. The van der Waals surface area contributed by atoms with Gasteiger partial charge in [0.15, 0.2) is 5.82 Å². The molecule has 1 aromatic heterocycles. The van der Waals surface area contributed by atoms with Gasteiger partial charge in [0.2, 0.25) is 5.89 Å². The van der Waals surface area contributed by atoms with E-state index in [0.717, 1.165) is 25.2 Å². The van der Waals surface area contributed by atoms with Gasteiger partial charge < -0.3 is 9.84 Å². The van der Waals surface area contributed by atoms with Crippen LogP contribution in [0.3, 0.4) is 0 Å². The van der Waals surface area contributed by atoms with Crippen LogP contribution in [-0.4, -0.2) is 22.7 Å². The van der Waals surface area contributed by atoms with E-state index >= 15 is 0 Å². The number of nitrogens with zero attached hydrogens (tertiary/aromatic N) is 2. The quantitative estimate of drug-likeness (QED) is 0.866. The summed E-state index contributed by atoms with van der Waals surface area (Å²) in [6, 6.07) is 8.86.